The van der Waals surface area contributed by atoms with Gasteiger partial charge in [-0.05, 0) is 36.1 Å². The lowest BCUT2D eigenvalue weighted by Gasteiger charge is -2.13. The SMILES string of the molecule is CC(NC(=O)c1cccs1)C(=O)NCc1ccc(F)cc1. The third-order valence-electron chi connectivity index (χ3n) is 2.87. The molecule has 0 saturated carbocycles. The molecule has 4 nitrogen and oxygen atoms in total. The lowest BCUT2D eigenvalue weighted by atomic mass is 10.2. The number of amides is 2. The second kappa shape index (κ2) is 6.99. The summed E-state index contributed by atoms with van der Waals surface area (Å²) in [5, 5.41) is 7.12. The van der Waals surface area contributed by atoms with Crippen LogP contribution in [0.25, 0.3) is 0 Å². The molecule has 1 unspecified atom stereocenters. The smallest absolute Gasteiger partial charge is 0.261 e. The van der Waals surface area contributed by atoms with Gasteiger partial charge in [-0.15, -0.1) is 11.3 Å². The number of carbonyl (C=O) groups is 2. The van der Waals surface area contributed by atoms with Crippen molar-refractivity contribution < 1.29 is 14.0 Å². The van der Waals surface area contributed by atoms with Gasteiger partial charge in [0.15, 0.2) is 0 Å². The van der Waals surface area contributed by atoms with Gasteiger partial charge in [0.05, 0.1) is 4.88 Å². The van der Waals surface area contributed by atoms with Crippen molar-refractivity contribution in [3.63, 3.8) is 0 Å². The number of halogens is 1. The standard InChI is InChI=1S/C15H15FN2O2S/c1-10(18-15(20)13-3-2-8-21-13)14(19)17-9-11-4-6-12(16)7-5-11/h2-8,10H,9H2,1H3,(H,17,19)(H,18,20). The van der Waals surface area contributed by atoms with Gasteiger partial charge in [-0.2, -0.15) is 0 Å². The first kappa shape index (κ1) is 15.2. The van der Waals surface area contributed by atoms with Gasteiger partial charge in [-0.1, -0.05) is 18.2 Å². The summed E-state index contributed by atoms with van der Waals surface area (Å²) in [6, 6.07) is 8.71. The Bertz CT molecular complexity index is 611. The molecule has 0 fully saturated rings. The second-order valence-corrected chi connectivity index (χ2v) is 5.46. The van der Waals surface area contributed by atoms with Crippen LogP contribution in [-0.4, -0.2) is 17.9 Å². The van der Waals surface area contributed by atoms with E-state index in [2.05, 4.69) is 10.6 Å². The molecule has 6 heteroatoms. The van der Waals surface area contributed by atoms with E-state index in [-0.39, 0.29) is 17.6 Å². The van der Waals surface area contributed by atoms with E-state index in [1.165, 1.54) is 23.5 Å². The van der Waals surface area contributed by atoms with Gasteiger partial charge >= 0.3 is 0 Å². The normalized spacial score (nSPS) is 11.7. The van der Waals surface area contributed by atoms with Crippen molar-refractivity contribution in [2.24, 2.45) is 0 Å². The van der Waals surface area contributed by atoms with Crippen molar-refractivity contribution in [2.45, 2.75) is 19.5 Å². The van der Waals surface area contributed by atoms with E-state index in [1.54, 1.807) is 36.6 Å². The Morgan fingerprint density at radius 2 is 1.95 bits per heavy atom. The molecule has 2 amide bonds. The minimum Gasteiger partial charge on any atom is -0.350 e. The molecule has 0 aliphatic heterocycles. The summed E-state index contributed by atoms with van der Waals surface area (Å²) in [5.41, 5.74) is 0.793. The van der Waals surface area contributed by atoms with Crippen LogP contribution < -0.4 is 10.6 Å². The highest BCUT2D eigenvalue weighted by molar-refractivity contribution is 7.12. The maximum Gasteiger partial charge on any atom is 0.261 e. The minimum atomic E-state index is -0.639. The predicted molar refractivity (Wildman–Crippen MR) is 79.5 cm³/mol. The molecule has 0 aliphatic carbocycles. The molecule has 0 saturated heterocycles. The number of rotatable bonds is 5. The van der Waals surface area contributed by atoms with Crippen molar-refractivity contribution in [2.75, 3.05) is 0 Å². The molecule has 0 bridgehead atoms. The van der Waals surface area contributed by atoms with Crippen LogP contribution in [0.15, 0.2) is 41.8 Å². The molecule has 1 aromatic heterocycles. The highest BCUT2D eigenvalue weighted by Crippen LogP contribution is 2.08. The average molecular weight is 306 g/mol. The maximum atomic E-state index is 12.8. The van der Waals surface area contributed by atoms with Crippen molar-refractivity contribution in [1.29, 1.82) is 0 Å². The second-order valence-electron chi connectivity index (χ2n) is 4.52. The Morgan fingerprint density at radius 1 is 1.24 bits per heavy atom. The van der Waals surface area contributed by atoms with Crippen LogP contribution in [0.4, 0.5) is 4.39 Å². The summed E-state index contributed by atoms with van der Waals surface area (Å²) in [5.74, 6) is -0.875. The number of carbonyl (C=O) groups excluding carboxylic acids is 2. The molecule has 1 atom stereocenters. The van der Waals surface area contributed by atoms with Crippen LogP contribution in [0.2, 0.25) is 0 Å². The molecular formula is C15H15FN2O2S. The quantitative estimate of drug-likeness (QED) is 0.890. The molecule has 110 valence electrons. The summed E-state index contributed by atoms with van der Waals surface area (Å²) >= 11 is 1.32. The van der Waals surface area contributed by atoms with Crippen LogP contribution in [0.3, 0.4) is 0 Å². The number of benzene rings is 1. The first-order valence-corrected chi connectivity index (χ1v) is 7.31. The Morgan fingerprint density at radius 3 is 2.57 bits per heavy atom. The van der Waals surface area contributed by atoms with Gasteiger partial charge in [-0.25, -0.2) is 4.39 Å². The first-order valence-electron chi connectivity index (χ1n) is 6.43. The van der Waals surface area contributed by atoms with Crippen molar-refractivity contribution in [3.05, 3.63) is 58.0 Å². The molecule has 1 heterocycles. The predicted octanol–water partition coefficient (Wildman–Crippen LogP) is 2.32. The fourth-order valence-electron chi connectivity index (χ4n) is 1.69. The highest BCUT2D eigenvalue weighted by Gasteiger charge is 2.16. The lowest BCUT2D eigenvalue weighted by molar-refractivity contribution is -0.122. The maximum absolute atomic E-state index is 12.8. The monoisotopic (exact) mass is 306 g/mol. The summed E-state index contributed by atoms with van der Waals surface area (Å²) < 4.78 is 12.8. The van der Waals surface area contributed by atoms with Crippen LogP contribution in [0.5, 0.6) is 0 Å². The molecule has 0 radical (unpaired) electrons. The van der Waals surface area contributed by atoms with Gasteiger partial charge in [-0.3, -0.25) is 9.59 Å². The molecule has 1 aromatic carbocycles. The van der Waals surface area contributed by atoms with Crippen LogP contribution in [-0.2, 0) is 11.3 Å². The van der Waals surface area contributed by atoms with Crippen LogP contribution >= 0.6 is 11.3 Å². The Kier molecular flexibility index (Phi) is 5.05. The van der Waals surface area contributed by atoms with E-state index in [9.17, 15) is 14.0 Å². The molecule has 2 rings (SSSR count). The largest absolute Gasteiger partial charge is 0.350 e. The molecule has 0 aliphatic rings. The lowest BCUT2D eigenvalue weighted by Crippen LogP contribution is -2.44. The van der Waals surface area contributed by atoms with E-state index >= 15 is 0 Å². The highest BCUT2D eigenvalue weighted by atomic mass is 32.1. The third kappa shape index (κ3) is 4.39. The number of hydrogen-bond acceptors (Lipinski definition) is 3. The Hall–Kier alpha value is -2.21. The molecule has 0 spiro atoms. The zero-order valence-electron chi connectivity index (χ0n) is 11.4. The number of nitrogens with one attached hydrogen (secondary N) is 2. The fraction of sp³-hybridized carbons (Fsp3) is 0.200. The summed E-state index contributed by atoms with van der Waals surface area (Å²) in [7, 11) is 0. The van der Waals surface area contributed by atoms with Gasteiger partial charge in [0.25, 0.3) is 5.91 Å². The number of thiophene rings is 1. The van der Waals surface area contributed by atoms with Crippen LogP contribution in [0.1, 0.15) is 22.2 Å². The van der Waals surface area contributed by atoms with Gasteiger partial charge < -0.3 is 10.6 Å². The molecule has 21 heavy (non-hydrogen) atoms. The van der Waals surface area contributed by atoms with E-state index in [1.807, 2.05) is 0 Å². The molecule has 2 N–H and O–H groups in total. The average Bonchev–Trinajstić information content (AvgIpc) is 3.00. The Labute approximate surface area is 126 Å². The van der Waals surface area contributed by atoms with E-state index in [0.717, 1.165) is 5.56 Å². The van der Waals surface area contributed by atoms with Gasteiger partial charge in [0, 0.05) is 6.54 Å². The zero-order chi connectivity index (χ0) is 15.2. The van der Waals surface area contributed by atoms with E-state index in [0.29, 0.717) is 11.4 Å². The Balaban J connectivity index is 1.82. The van der Waals surface area contributed by atoms with Crippen LogP contribution in [0, 0.1) is 5.82 Å². The van der Waals surface area contributed by atoms with Crippen molar-refractivity contribution >= 4 is 23.2 Å². The van der Waals surface area contributed by atoms with E-state index < -0.39 is 6.04 Å². The zero-order valence-corrected chi connectivity index (χ0v) is 12.2. The van der Waals surface area contributed by atoms with E-state index in [4.69, 9.17) is 0 Å². The van der Waals surface area contributed by atoms with Gasteiger partial charge in [0.1, 0.15) is 11.9 Å². The molecule has 2 aromatic rings. The minimum absolute atomic E-state index is 0.269. The number of hydrogen-bond donors (Lipinski definition) is 2. The summed E-state index contributed by atoms with van der Waals surface area (Å²) in [6.45, 7) is 1.91. The fourth-order valence-corrected chi connectivity index (χ4v) is 2.31. The summed E-state index contributed by atoms with van der Waals surface area (Å²) in [6.07, 6.45) is 0. The first-order chi connectivity index (χ1) is 10.1. The summed E-state index contributed by atoms with van der Waals surface area (Å²) in [4.78, 5) is 24.3. The van der Waals surface area contributed by atoms with Crippen molar-refractivity contribution in [3.8, 4) is 0 Å². The van der Waals surface area contributed by atoms with Crippen molar-refractivity contribution in [1.82, 2.24) is 10.6 Å². The molecular weight excluding hydrogens is 291 g/mol. The topological polar surface area (TPSA) is 58.2 Å². The van der Waals surface area contributed by atoms with Gasteiger partial charge in [0.2, 0.25) is 5.91 Å². The third-order valence-corrected chi connectivity index (χ3v) is 3.73.